The SMILES string of the molecule is NCCNC(=O)CC[C@H](NC(=O)c1ccc(NCc2cnc3nc(N)[nH]c(=O)c3n2)cc1)C(=O)NCCN. The van der Waals surface area contributed by atoms with Crippen molar-refractivity contribution in [3.63, 3.8) is 0 Å². The van der Waals surface area contributed by atoms with Gasteiger partial charge in [-0.3, -0.25) is 24.2 Å². The summed E-state index contributed by atoms with van der Waals surface area (Å²) in [6.45, 7) is 1.37. The summed E-state index contributed by atoms with van der Waals surface area (Å²) in [5.74, 6) is -1.21. The van der Waals surface area contributed by atoms with Crippen molar-refractivity contribution in [1.29, 1.82) is 0 Å². The fourth-order valence-electron chi connectivity index (χ4n) is 3.39. The summed E-state index contributed by atoms with van der Waals surface area (Å²) in [6, 6.07) is 5.62. The van der Waals surface area contributed by atoms with Crippen LogP contribution in [0.1, 0.15) is 28.9 Å². The standard InChI is InChI=1S/C23H31N11O4/c24-7-9-27-17(35)6-5-16(21(37)28-10-8-25)32-20(36)13-1-3-14(4-2-13)29-11-15-12-30-19-18(31-15)22(38)34-23(26)33-19/h1-4,12,16,29H,5-11,24-25H2,(H,27,35)(H,28,37)(H,32,36)(H3,26,30,33,34,38)/t16-/m0/s1. The van der Waals surface area contributed by atoms with Crippen LogP contribution in [-0.4, -0.2) is 69.9 Å². The van der Waals surface area contributed by atoms with E-state index in [0.29, 0.717) is 30.0 Å². The molecule has 0 fully saturated rings. The number of H-pyrrole nitrogens is 1. The highest BCUT2D eigenvalue weighted by atomic mass is 16.2. The second kappa shape index (κ2) is 13.6. The van der Waals surface area contributed by atoms with Crippen molar-refractivity contribution in [2.24, 2.45) is 11.5 Å². The third kappa shape index (κ3) is 7.94. The van der Waals surface area contributed by atoms with Crippen LogP contribution in [0.2, 0.25) is 0 Å². The highest BCUT2D eigenvalue weighted by Crippen LogP contribution is 2.12. The first-order chi connectivity index (χ1) is 18.3. The maximum absolute atomic E-state index is 12.8. The molecule has 3 rings (SSSR count). The van der Waals surface area contributed by atoms with Gasteiger partial charge in [-0.25, -0.2) is 9.97 Å². The number of carbonyl (C=O) groups excluding carboxylic acids is 3. The largest absolute Gasteiger partial charge is 0.379 e. The number of hydrogen-bond donors (Lipinski definition) is 8. The van der Waals surface area contributed by atoms with Gasteiger partial charge in [-0.2, -0.15) is 4.98 Å². The van der Waals surface area contributed by atoms with Gasteiger partial charge in [-0.15, -0.1) is 0 Å². The number of hydrogen-bond acceptors (Lipinski definition) is 11. The fraction of sp³-hybridized carbons (Fsp3) is 0.348. The Morgan fingerprint density at radius 2 is 1.71 bits per heavy atom. The molecule has 11 N–H and O–H groups in total. The molecule has 0 spiro atoms. The zero-order chi connectivity index (χ0) is 27.5. The van der Waals surface area contributed by atoms with E-state index in [2.05, 4.69) is 41.2 Å². The molecule has 1 aromatic carbocycles. The lowest BCUT2D eigenvalue weighted by Crippen LogP contribution is -2.48. The minimum absolute atomic E-state index is 0.0385. The van der Waals surface area contributed by atoms with Crippen molar-refractivity contribution in [1.82, 2.24) is 35.9 Å². The number of nitrogens with one attached hydrogen (secondary N) is 5. The van der Waals surface area contributed by atoms with Gasteiger partial charge in [0.2, 0.25) is 17.8 Å². The molecule has 15 nitrogen and oxygen atoms in total. The summed E-state index contributed by atoms with van der Waals surface area (Å²) in [7, 11) is 0. The van der Waals surface area contributed by atoms with Crippen molar-refractivity contribution < 1.29 is 14.4 Å². The number of rotatable bonds is 13. The third-order valence-corrected chi connectivity index (χ3v) is 5.30. The monoisotopic (exact) mass is 525 g/mol. The smallest absolute Gasteiger partial charge is 0.280 e. The van der Waals surface area contributed by atoms with Crippen LogP contribution in [0.5, 0.6) is 0 Å². The first-order valence-electron chi connectivity index (χ1n) is 11.9. The van der Waals surface area contributed by atoms with Gasteiger partial charge in [0.05, 0.1) is 18.4 Å². The number of nitrogens with zero attached hydrogens (tertiary/aromatic N) is 3. The molecule has 1 atom stereocenters. The van der Waals surface area contributed by atoms with E-state index >= 15 is 0 Å². The van der Waals surface area contributed by atoms with Gasteiger partial charge in [0.15, 0.2) is 11.2 Å². The lowest BCUT2D eigenvalue weighted by molar-refractivity contribution is -0.124. The van der Waals surface area contributed by atoms with Crippen LogP contribution >= 0.6 is 0 Å². The molecule has 38 heavy (non-hydrogen) atoms. The van der Waals surface area contributed by atoms with Crippen molar-refractivity contribution in [3.8, 4) is 0 Å². The number of fused-ring (bicyclic) bond motifs is 1. The normalized spacial score (nSPS) is 11.5. The van der Waals surface area contributed by atoms with Crippen LogP contribution in [0.25, 0.3) is 11.2 Å². The highest BCUT2D eigenvalue weighted by molar-refractivity contribution is 5.98. The van der Waals surface area contributed by atoms with Crippen LogP contribution < -0.4 is 44.0 Å². The van der Waals surface area contributed by atoms with Crippen molar-refractivity contribution in [2.75, 3.05) is 37.2 Å². The third-order valence-electron chi connectivity index (χ3n) is 5.30. The molecule has 0 radical (unpaired) electrons. The second-order valence-electron chi connectivity index (χ2n) is 8.20. The lowest BCUT2D eigenvalue weighted by atomic mass is 10.1. The zero-order valence-corrected chi connectivity index (χ0v) is 20.6. The Morgan fingerprint density at radius 3 is 2.42 bits per heavy atom. The molecule has 0 aliphatic rings. The number of carbonyl (C=O) groups is 3. The topological polar surface area (TPSA) is 249 Å². The minimum atomic E-state index is -0.921. The summed E-state index contributed by atoms with van der Waals surface area (Å²) < 4.78 is 0. The minimum Gasteiger partial charge on any atom is -0.379 e. The Kier molecular flexibility index (Phi) is 10.0. The first kappa shape index (κ1) is 27.9. The van der Waals surface area contributed by atoms with E-state index in [0.717, 1.165) is 0 Å². The predicted molar refractivity (Wildman–Crippen MR) is 141 cm³/mol. The number of nitrogens with two attached hydrogens (primary N) is 3. The lowest BCUT2D eigenvalue weighted by Gasteiger charge is -2.18. The van der Waals surface area contributed by atoms with Crippen LogP contribution in [0.15, 0.2) is 35.3 Å². The quantitative estimate of drug-likeness (QED) is 0.120. The van der Waals surface area contributed by atoms with Gasteiger partial charge in [0, 0.05) is 43.9 Å². The van der Waals surface area contributed by atoms with Gasteiger partial charge in [0.1, 0.15) is 6.04 Å². The average molecular weight is 526 g/mol. The molecule has 0 aliphatic carbocycles. The molecule has 0 unspecified atom stereocenters. The number of aromatic amines is 1. The van der Waals surface area contributed by atoms with E-state index in [-0.39, 0.29) is 55.5 Å². The maximum atomic E-state index is 12.8. The van der Waals surface area contributed by atoms with E-state index in [1.165, 1.54) is 6.20 Å². The molecular weight excluding hydrogens is 494 g/mol. The number of nitrogen functional groups attached to an aromatic ring is 1. The van der Waals surface area contributed by atoms with Gasteiger partial charge >= 0.3 is 0 Å². The Balaban J connectivity index is 1.60. The van der Waals surface area contributed by atoms with E-state index in [4.69, 9.17) is 17.2 Å². The number of benzene rings is 1. The van der Waals surface area contributed by atoms with E-state index in [9.17, 15) is 19.2 Å². The Bertz CT molecular complexity index is 1330. The van der Waals surface area contributed by atoms with Gasteiger partial charge in [0.25, 0.3) is 11.5 Å². The van der Waals surface area contributed by atoms with Crippen LogP contribution in [0, 0.1) is 0 Å². The second-order valence-corrected chi connectivity index (χ2v) is 8.20. The Hall–Kier alpha value is -4.63. The van der Waals surface area contributed by atoms with Crippen LogP contribution in [-0.2, 0) is 16.1 Å². The van der Waals surface area contributed by atoms with Crippen molar-refractivity contribution >= 4 is 40.5 Å². The molecule has 0 aliphatic heterocycles. The molecule has 0 bridgehead atoms. The van der Waals surface area contributed by atoms with Gasteiger partial charge < -0.3 is 38.5 Å². The molecular formula is C23H31N11O4. The number of aromatic nitrogens is 4. The molecule has 0 saturated heterocycles. The van der Waals surface area contributed by atoms with Crippen molar-refractivity contribution in [3.05, 3.63) is 52.1 Å². The summed E-state index contributed by atoms with van der Waals surface area (Å²) in [6.07, 6.45) is 1.63. The molecule has 3 aromatic rings. The maximum Gasteiger partial charge on any atom is 0.280 e. The summed E-state index contributed by atoms with van der Waals surface area (Å²) in [5.41, 5.74) is 17.6. The van der Waals surface area contributed by atoms with E-state index < -0.39 is 23.4 Å². The Labute approximate surface area is 217 Å². The summed E-state index contributed by atoms with van der Waals surface area (Å²) in [5, 5.41) is 11.1. The Morgan fingerprint density at radius 1 is 1.00 bits per heavy atom. The van der Waals surface area contributed by atoms with Crippen LogP contribution in [0.4, 0.5) is 11.6 Å². The van der Waals surface area contributed by atoms with Gasteiger partial charge in [-0.1, -0.05) is 0 Å². The van der Waals surface area contributed by atoms with E-state index in [1.54, 1.807) is 24.3 Å². The van der Waals surface area contributed by atoms with Crippen LogP contribution in [0.3, 0.4) is 0 Å². The fourth-order valence-corrected chi connectivity index (χ4v) is 3.39. The van der Waals surface area contributed by atoms with E-state index in [1.807, 2.05) is 0 Å². The van der Waals surface area contributed by atoms with Crippen molar-refractivity contribution in [2.45, 2.75) is 25.4 Å². The molecule has 2 aromatic heterocycles. The summed E-state index contributed by atoms with van der Waals surface area (Å²) >= 11 is 0. The zero-order valence-electron chi connectivity index (χ0n) is 20.6. The molecule has 2 heterocycles. The average Bonchev–Trinajstić information content (AvgIpc) is 2.91. The number of anilines is 2. The predicted octanol–water partition coefficient (Wildman–Crippen LogP) is -2.06. The molecule has 202 valence electrons. The highest BCUT2D eigenvalue weighted by Gasteiger charge is 2.22. The first-order valence-corrected chi connectivity index (χ1v) is 11.9. The molecule has 0 saturated carbocycles. The number of amides is 3. The molecule has 15 heteroatoms. The van der Waals surface area contributed by atoms with Gasteiger partial charge in [-0.05, 0) is 30.7 Å². The molecule has 3 amide bonds. The summed E-state index contributed by atoms with van der Waals surface area (Å²) in [4.78, 5) is 63.9.